The van der Waals surface area contributed by atoms with Gasteiger partial charge in [-0.3, -0.25) is 10.1 Å². The van der Waals surface area contributed by atoms with Crippen molar-refractivity contribution in [1.29, 1.82) is 0 Å². The minimum absolute atomic E-state index is 0.0399. The number of carbonyl (C=O) groups excluding carboxylic acids is 1. The van der Waals surface area contributed by atoms with Crippen LogP contribution in [-0.4, -0.2) is 28.6 Å². The minimum Gasteiger partial charge on any atom is -0.478 e. The molecule has 1 heterocycles. The normalized spacial score (nSPS) is 16.8. The monoisotopic (exact) mass is 388 g/mol. The summed E-state index contributed by atoms with van der Waals surface area (Å²) in [6.07, 6.45) is 0.674. The Balaban J connectivity index is 2.53. The molecule has 1 aliphatic heterocycles. The molecule has 150 valence electrons. The standard InChI is InChI=1S/C20H24N2O6/c1-11(2)8-9-28-20(25)17-13(4)21-12(3)16(19(23)24)18(17)14-6-5-7-15(10-14)22(26)27/h5-7,10-11,18,21H,8-9H2,1-4H3,(H,23,24). The predicted octanol–water partition coefficient (Wildman–Crippen LogP) is 3.50. The van der Waals surface area contributed by atoms with E-state index in [-0.39, 0.29) is 23.4 Å². The molecule has 8 nitrogen and oxygen atoms in total. The summed E-state index contributed by atoms with van der Waals surface area (Å²) in [5, 5.41) is 23.8. The molecule has 0 radical (unpaired) electrons. The molecule has 1 atom stereocenters. The molecule has 0 saturated heterocycles. The van der Waals surface area contributed by atoms with Crippen LogP contribution in [0.4, 0.5) is 5.69 Å². The van der Waals surface area contributed by atoms with Crippen LogP contribution >= 0.6 is 0 Å². The first-order valence-corrected chi connectivity index (χ1v) is 8.96. The van der Waals surface area contributed by atoms with Crippen LogP contribution in [0.5, 0.6) is 0 Å². The Morgan fingerprint density at radius 2 is 1.89 bits per heavy atom. The number of nitro groups is 1. The first-order valence-electron chi connectivity index (χ1n) is 8.96. The van der Waals surface area contributed by atoms with E-state index < -0.39 is 22.8 Å². The second kappa shape index (κ2) is 8.69. The second-order valence-electron chi connectivity index (χ2n) is 7.11. The molecule has 0 fully saturated rings. The van der Waals surface area contributed by atoms with Gasteiger partial charge < -0.3 is 15.2 Å². The summed E-state index contributed by atoms with van der Waals surface area (Å²) in [6.45, 7) is 7.46. The molecule has 8 heteroatoms. The molecule has 0 saturated carbocycles. The maximum atomic E-state index is 12.8. The summed E-state index contributed by atoms with van der Waals surface area (Å²) < 4.78 is 5.37. The maximum absolute atomic E-state index is 12.8. The Morgan fingerprint density at radius 3 is 2.46 bits per heavy atom. The van der Waals surface area contributed by atoms with Gasteiger partial charge in [-0.05, 0) is 31.7 Å². The van der Waals surface area contributed by atoms with Crippen LogP contribution in [0.2, 0.25) is 0 Å². The Morgan fingerprint density at radius 1 is 1.25 bits per heavy atom. The number of carbonyl (C=O) groups is 2. The van der Waals surface area contributed by atoms with Crippen LogP contribution in [0, 0.1) is 16.0 Å². The third-order valence-electron chi connectivity index (χ3n) is 4.55. The van der Waals surface area contributed by atoms with E-state index in [2.05, 4.69) is 5.32 Å². The summed E-state index contributed by atoms with van der Waals surface area (Å²) >= 11 is 0. The Hall–Kier alpha value is -3.16. The zero-order valence-corrected chi connectivity index (χ0v) is 16.3. The van der Waals surface area contributed by atoms with E-state index in [0.717, 1.165) is 0 Å². The number of nitro benzene ring substituents is 1. The molecular formula is C20H24N2O6. The van der Waals surface area contributed by atoms with Crippen LogP contribution in [-0.2, 0) is 14.3 Å². The van der Waals surface area contributed by atoms with Crippen molar-refractivity contribution in [2.45, 2.75) is 40.0 Å². The number of nitrogens with one attached hydrogen (secondary N) is 1. The molecule has 0 aromatic heterocycles. The van der Waals surface area contributed by atoms with Gasteiger partial charge in [0, 0.05) is 23.5 Å². The summed E-state index contributed by atoms with van der Waals surface area (Å²) in [6, 6.07) is 5.66. The van der Waals surface area contributed by atoms with E-state index in [4.69, 9.17) is 4.74 Å². The lowest BCUT2D eigenvalue weighted by atomic mass is 9.80. The summed E-state index contributed by atoms with van der Waals surface area (Å²) in [5.41, 5.74) is 1.12. The van der Waals surface area contributed by atoms with Gasteiger partial charge in [0.1, 0.15) is 0 Å². The van der Waals surface area contributed by atoms with Crippen molar-refractivity contribution in [2.75, 3.05) is 6.61 Å². The minimum atomic E-state index is -1.21. The first-order chi connectivity index (χ1) is 13.1. The third kappa shape index (κ3) is 4.57. The maximum Gasteiger partial charge on any atom is 0.336 e. The predicted molar refractivity (Wildman–Crippen MR) is 102 cm³/mol. The molecule has 0 aliphatic carbocycles. The second-order valence-corrected chi connectivity index (χ2v) is 7.11. The number of aliphatic carboxylic acids is 1. The lowest BCUT2D eigenvalue weighted by Gasteiger charge is -2.29. The fourth-order valence-electron chi connectivity index (χ4n) is 3.16. The first kappa shape index (κ1) is 21.1. The van der Waals surface area contributed by atoms with E-state index in [0.29, 0.717) is 29.3 Å². The molecule has 0 spiro atoms. The molecular weight excluding hydrogens is 364 g/mol. The highest BCUT2D eigenvalue weighted by molar-refractivity contribution is 5.99. The van der Waals surface area contributed by atoms with E-state index in [1.165, 1.54) is 18.2 Å². The molecule has 2 N–H and O–H groups in total. The summed E-state index contributed by atoms with van der Waals surface area (Å²) in [4.78, 5) is 35.3. The number of benzene rings is 1. The number of esters is 1. The fraction of sp³-hybridized carbons (Fsp3) is 0.400. The van der Waals surface area contributed by atoms with Crippen molar-refractivity contribution in [2.24, 2.45) is 5.92 Å². The number of dihydropyridines is 1. The molecule has 28 heavy (non-hydrogen) atoms. The number of allylic oxidation sites excluding steroid dienone is 2. The number of carboxylic acid groups (broad SMARTS) is 1. The fourth-order valence-corrected chi connectivity index (χ4v) is 3.16. The SMILES string of the molecule is CC1=C(C(=O)O)C(c2cccc([N+](=O)[O-])c2)C(C(=O)OCCC(C)C)=C(C)N1. The van der Waals surface area contributed by atoms with E-state index >= 15 is 0 Å². The lowest BCUT2D eigenvalue weighted by Crippen LogP contribution is -2.32. The summed E-state index contributed by atoms with van der Waals surface area (Å²) in [5.74, 6) is -2.46. The van der Waals surface area contributed by atoms with Gasteiger partial charge in [-0.15, -0.1) is 0 Å². The van der Waals surface area contributed by atoms with Gasteiger partial charge >= 0.3 is 11.9 Å². The topological polar surface area (TPSA) is 119 Å². The van der Waals surface area contributed by atoms with Gasteiger partial charge in [-0.1, -0.05) is 26.0 Å². The number of rotatable bonds is 7. The number of ether oxygens (including phenoxy) is 1. The molecule has 1 aliphatic rings. The molecule has 1 aromatic carbocycles. The average molecular weight is 388 g/mol. The zero-order valence-electron chi connectivity index (χ0n) is 16.3. The Bertz CT molecular complexity index is 869. The zero-order chi connectivity index (χ0) is 21.0. The Labute approximate surface area is 163 Å². The third-order valence-corrected chi connectivity index (χ3v) is 4.55. The highest BCUT2D eigenvalue weighted by Crippen LogP contribution is 2.39. The number of carboxylic acids is 1. The van der Waals surface area contributed by atoms with Gasteiger partial charge in [0.25, 0.3) is 5.69 Å². The van der Waals surface area contributed by atoms with E-state index in [9.17, 15) is 24.8 Å². The number of hydrogen-bond donors (Lipinski definition) is 2. The van der Waals surface area contributed by atoms with Crippen LogP contribution in [0.3, 0.4) is 0 Å². The molecule has 1 aromatic rings. The van der Waals surface area contributed by atoms with Crippen LogP contribution in [0.1, 0.15) is 45.6 Å². The van der Waals surface area contributed by atoms with Crippen molar-refractivity contribution in [3.8, 4) is 0 Å². The molecule has 0 bridgehead atoms. The highest BCUT2D eigenvalue weighted by Gasteiger charge is 2.37. The van der Waals surface area contributed by atoms with Crippen molar-refractivity contribution >= 4 is 17.6 Å². The highest BCUT2D eigenvalue weighted by atomic mass is 16.6. The van der Waals surface area contributed by atoms with E-state index in [1.54, 1.807) is 19.9 Å². The number of non-ortho nitro benzene ring substituents is 1. The largest absolute Gasteiger partial charge is 0.478 e. The lowest BCUT2D eigenvalue weighted by molar-refractivity contribution is -0.384. The van der Waals surface area contributed by atoms with Gasteiger partial charge in [0.15, 0.2) is 0 Å². The Kier molecular flexibility index (Phi) is 6.56. The number of nitrogens with zero attached hydrogens (tertiary/aromatic N) is 1. The molecule has 0 amide bonds. The van der Waals surface area contributed by atoms with Crippen molar-refractivity contribution in [1.82, 2.24) is 5.32 Å². The van der Waals surface area contributed by atoms with Crippen LogP contribution in [0.25, 0.3) is 0 Å². The van der Waals surface area contributed by atoms with Gasteiger partial charge in [0.05, 0.1) is 28.6 Å². The van der Waals surface area contributed by atoms with Gasteiger partial charge in [-0.2, -0.15) is 0 Å². The molecule has 2 rings (SSSR count). The number of hydrogen-bond acceptors (Lipinski definition) is 6. The van der Waals surface area contributed by atoms with E-state index in [1.807, 2.05) is 13.8 Å². The van der Waals surface area contributed by atoms with Gasteiger partial charge in [-0.25, -0.2) is 9.59 Å². The average Bonchev–Trinajstić information content (AvgIpc) is 2.60. The molecule has 1 unspecified atom stereocenters. The van der Waals surface area contributed by atoms with Crippen molar-refractivity contribution in [3.63, 3.8) is 0 Å². The van der Waals surface area contributed by atoms with Gasteiger partial charge in [0.2, 0.25) is 0 Å². The van der Waals surface area contributed by atoms with Crippen molar-refractivity contribution in [3.05, 3.63) is 62.5 Å². The van der Waals surface area contributed by atoms with Crippen molar-refractivity contribution < 1.29 is 24.4 Å². The summed E-state index contributed by atoms with van der Waals surface area (Å²) in [7, 11) is 0. The van der Waals surface area contributed by atoms with Crippen LogP contribution in [0.15, 0.2) is 46.8 Å². The van der Waals surface area contributed by atoms with Crippen LogP contribution < -0.4 is 5.32 Å². The smallest absolute Gasteiger partial charge is 0.336 e. The quantitative estimate of drug-likeness (QED) is 0.417.